The third-order valence-corrected chi connectivity index (χ3v) is 3.25. The molecule has 1 aromatic rings. The van der Waals surface area contributed by atoms with Crippen molar-refractivity contribution >= 4 is 29.2 Å². The highest BCUT2D eigenvalue weighted by molar-refractivity contribution is 6.31. The van der Waals surface area contributed by atoms with Crippen LogP contribution in [0, 0.1) is 0 Å². The number of ether oxygens (including phenoxy) is 1. The van der Waals surface area contributed by atoms with E-state index in [1.807, 2.05) is 0 Å². The molecule has 0 radical (unpaired) electrons. The Morgan fingerprint density at radius 3 is 2.62 bits per heavy atom. The number of hydrogen-bond donors (Lipinski definition) is 2. The van der Waals surface area contributed by atoms with Crippen LogP contribution in [0.4, 0.5) is 5.69 Å². The molecule has 0 saturated heterocycles. The second-order valence-corrected chi connectivity index (χ2v) is 5.12. The molecule has 5 nitrogen and oxygen atoms in total. The van der Waals surface area contributed by atoms with Gasteiger partial charge in [0.05, 0.1) is 18.4 Å². The quantitative estimate of drug-likeness (QED) is 0.571. The van der Waals surface area contributed by atoms with Crippen LogP contribution in [0.25, 0.3) is 0 Å². The molecule has 0 aromatic heterocycles. The van der Waals surface area contributed by atoms with Crippen molar-refractivity contribution in [2.24, 2.45) is 5.73 Å². The molecule has 116 valence electrons. The van der Waals surface area contributed by atoms with Gasteiger partial charge in [-0.2, -0.15) is 0 Å². The van der Waals surface area contributed by atoms with Crippen molar-refractivity contribution < 1.29 is 14.3 Å². The van der Waals surface area contributed by atoms with Crippen LogP contribution in [0.5, 0.6) is 0 Å². The standard InChI is InChI=1S/C15H21ClN2O3/c1-21-15(20)12-10-11(16)7-8-13(12)18-14(19)6-4-2-3-5-9-17/h7-8,10H,2-6,9,17H2,1H3,(H,18,19). The summed E-state index contributed by atoms with van der Waals surface area (Å²) in [4.78, 5) is 23.5. The topological polar surface area (TPSA) is 81.4 Å². The maximum absolute atomic E-state index is 11.9. The molecule has 0 aliphatic carbocycles. The van der Waals surface area contributed by atoms with Gasteiger partial charge in [-0.3, -0.25) is 4.79 Å². The zero-order chi connectivity index (χ0) is 15.7. The predicted octanol–water partition coefficient (Wildman–Crippen LogP) is 2.97. The van der Waals surface area contributed by atoms with Crippen LogP contribution < -0.4 is 11.1 Å². The molecule has 0 atom stereocenters. The summed E-state index contributed by atoms with van der Waals surface area (Å²) >= 11 is 5.86. The largest absolute Gasteiger partial charge is 0.465 e. The van der Waals surface area contributed by atoms with Crippen LogP contribution in [-0.4, -0.2) is 25.5 Å². The van der Waals surface area contributed by atoms with Crippen molar-refractivity contribution in [3.05, 3.63) is 28.8 Å². The minimum atomic E-state index is -0.532. The number of methoxy groups -OCH3 is 1. The first kappa shape index (κ1) is 17.5. The van der Waals surface area contributed by atoms with E-state index in [1.165, 1.54) is 13.2 Å². The number of rotatable bonds is 8. The third kappa shape index (κ3) is 6.14. The van der Waals surface area contributed by atoms with E-state index in [0.717, 1.165) is 25.7 Å². The molecule has 3 N–H and O–H groups in total. The fourth-order valence-corrected chi connectivity index (χ4v) is 2.07. The Morgan fingerprint density at radius 1 is 1.24 bits per heavy atom. The van der Waals surface area contributed by atoms with E-state index in [0.29, 0.717) is 23.7 Å². The van der Waals surface area contributed by atoms with E-state index >= 15 is 0 Å². The Balaban J connectivity index is 2.57. The van der Waals surface area contributed by atoms with Gasteiger partial charge in [0.25, 0.3) is 0 Å². The lowest BCUT2D eigenvalue weighted by atomic mass is 10.1. The second kappa shape index (κ2) is 9.37. The molecule has 0 aliphatic rings. The lowest BCUT2D eigenvalue weighted by Crippen LogP contribution is -2.15. The number of amides is 1. The summed E-state index contributed by atoms with van der Waals surface area (Å²) in [5.41, 5.74) is 6.08. The van der Waals surface area contributed by atoms with Crippen LogP contribution in [-0.2, 0) is 9.53 Å². The molecule has 0 fully saturated rings. The Kier molecular flexibility index (Phi) is 7.79. The minimum Gasteiger partial charge on any atom is -0.465 e. The van der Waals surface area contributed by atoms with E-state index in [4.69, 9.17) is 17.3 Å². The fourth-order valence-electron chi connectivity index (χ4n) is 1.90. The second-order valence-electron chi connectivity index (χ2n) is 4.68. The molecule has 1 aromatic carbocycles. The van der Waals surface area contributed by atoms with Gasteiger partial charge < -0.3 is 15.8 Å². The maximum Gasteiger partial charge on any atom is 0.340 e. The Bertz CT molecular complexity index is 492. The number of nitrogens with one attached hydrogen (secondary N) is 1. The van der Waals surface area contributed by atoms with Gasteiger partial charge in [-0.25, -0.2) is 4.79 Å². The van der Waals surface area contributed by atoms with Crippen molar-refractivity contribution in [2.45, 2.75) is 32.1 Å². The number of carbonyl (C=O) groups excluding carboxylic acids is 2. The van der Waals surface area contributed by atoms with Crippen LogP contribution in [0.1, 0.15) is 42.5 Å². The summed E-state index contributed by atoms with van der Waals surface area (Å²) in [5.74, 6) is -0.661. The van der Waals surface area contributed by atoms with Gasteiger partial charge >= 0.3 is 5.97 Å². The highest BCUT2D eigenvalue weighted by Crippen LogP contribution is 2.22. The lowest BCUT2D eigenvalue weighted by Gasteiger charge is -2.10. The first-order chi connectivity index (χ1) is 10.1. The molecular weight excluding hydrogens is 292 g/mol. The van der Waals surface area contributed by atoms with E-state index in [1.54, 1.807) is 12.1 Å². The highest BCUT2D eigenvalue weighted by atomic mass is 35.5. The molecule has 0 unspecified atom stereocenters. The average molecular weight is 313 g/mol. The zero-order valence-corrected chi connectivity index (χ0v) is 12.9. The molecule has 0 saturated carbocycles. The number of unbranched alkanes of at least 4 members (excludes halogenated alkanes) is 3. The smallest absolute Gasteiger partial charge is 0.340 e. The van der Waals surface area contributed by atoms with Gasteiger partial charge in [-0.05, 0) is 37.6 Å². The number of benzene rings is 1. The van der Waals surface area contributed by atoms with Gasteiger partial charge in [0.15, 0.2) is 0 Å². The van der Waals surface area contributed by atoms with E-state index < -0.39 is 5.97 Å². The summed E-state index contributed by atoms with van der Waals surface area (Å²) in [6.45, 7) is 0.680. The molecule has 0 aliphatic heterocycles. The summed E-state index contributed by atoms with van der Waals surface area (Å²) in [5, 5.41) is 3.13. The van der Waals surface area contributed by atoms with Crippen molar-refractivity contribution in [1.82, 2.24) is 0 Å². The van der Waals surface area contributed by atoms with Gasteiger partial charge in [0, 0.05) is 11.4 Å². The maximum atomic E-state index is 11.9. The van der Waals surface area contributed by atoms with E-state index in [9.17, 15) is 9.59 Å². The number of nitrogens with two attached hydrogens (primary N) is 1. The number of anilines is 1. The van der Waals surface area contributed by atoms with Gasteiger partial charge in [-0.1, -0.05) is 24.4 Å². The summed E-state index contributed by atoms with van der Waals surface area (Å²) in [6.07, 6.45) is 4.18. The molecule has 1 rings (SSSR count). The monoisotopic (exact) mass is 312 g/mol. The van der Waals surface area contributed by atoms with Crippen LogP contribution in [0.3, 0.4) is 0 Å². The predicted molar refractivity (Wildman–Crippen MR) is 83.6 cm³/mol. The summed E-state index contributed by atoms with van der Waals surface area (Å²) < 4.78 is 4.68. The van der Waals surface area contributed by atoms with Crippen LogP contribution in [0.2, 0.25) is 5.02 Å². The first-order valence-corrected chi connectivity index (χ1v) is 7.34. The third-order valence-electron chi connectivity index (χ3n) is 3.02. The molecule has 0 bridgehead atoms. The molecule has 21 heavy (non-hydrogen) atoms. The van der Waals surface area contributed by atoms with Crippen LogP contribution >= 0.6 is 11.6 Å². The zero-order valence-electron chi connectivity index (χ0n) is 12.2. The summed E-state index contributed by atoms with van der Waals surface area (Å²) in [6, 6.07) is 4.69. The molecule has 0 heterocycles. The normalized spacial score (nSPS) is 10.2. The fraction of sp³-hybridized carbons (Fsp3) is 0.467. The number of esters is 1. The van der Waals surface area contributed by atoms with Crippen LogP contribution in [0.15, 0.2) is 18.2 Å². The molecular formula is C15H21ClN2O3. The number of halogens is 1. The molecule has 6 heteroatoms. The van der Waals surface area contributed by atoms with Crippen molar-refractivity contribution in [3.8, 4) is 0 Å². The number of carbonyl (C=O) groups is 2. The molecule has 0 spiro atoms. The van der Waals surface area contributed by atoms with Gasteiger partial charge in [0.1, 0.15) is 0 Å². The molecule has 1 amide bonds. The summed E-state index contributed by atoms with van der Waals surface area (Å²) in [7, 11) is 1.28. The Morgan fingerprint density at radius 2 is 1.95 bits per heavy atom. The minimum absolute atomic E-state index is 0.129. The van der Waals surface area contributed by atoms with E-state index in [-0.39, 0.29) is 11.5 Å². The van der Waals surface area contributed by atoms with Gasteiger partial charge in [-0.15, -0.1) is 0 Å². The Labute approximate surface area is 129 Å². The average Bonchev–Trinajstić information content (AvgIpc) is 2.48. The number of hydrogen-bond acceptors (Lipinski definition) is 4. The van der Waals surface area contributed by atoms with Crippen molar-refractivity contribution in [1.29, 1.82) is 0 Å². The first-order valence-electron chi connectivity index (χ1n) is 6.96. The van der Waals surface area contributed by atoms with Gasteiger partial charge in [0.2, 0.25) is 5.91 Å². The van der Waals surface area contributed by atoms with E-state index in [2.05, 4.69) is 10.1 Å². The van der Waals surface area contributed by atoms with Crippen molar-refractivity contribution in [2.75, 3.05) is 19.0 Å². The SMILES string of the molecule is COC(=O)c1cc(Cl)ccc1NC(=O)CCCCCCN. The lowest BCUT2D eigenvalue weighted by molar-refractivity contribution is -0.116. The highest BCUT2D eigenvalue weighted by Gasteiger charge is 2.14. The Hall–Kier alpha value is -1.59. The van der Waals surface area contributed by atoms with Crippen molar-refractivity contribution in [3.63, 3.8) is 0 Å².